The maximum Gasteiger partial charge on any atom is 0.248 e. The molecule has 0 spiro atoms. The summed E-state index contributed by atoms with van der Waals surface area (Å²) in [5.74, 6) is 0.364. The Morgan fingerprint density at radius 3 is 2.53 bits per heavy atom. The number of nitrogens with two attached hydrogens (primary N) is 2. The van der Waals surface area contributed by atoms with Crippen LogP contribution in [-0.2, 0) is 4.79 Å². The van der Waals surface area contributed by atoms with Crippen molar-refractivity contribution in [3.63, 3.8) is 0 Å². The second-order valence-electron chi connectivity index (χ2n) is 3.55. The van der Waals surface area contributed by atoms with Crippen LogP contribution in [0.5, 0.6) is 5.75 Å². The van der Waals surface area contributed by atoms with Gasteiger partial charge in [-0.3, -0.25) is 4.79 Å². The first-order valence-corrected chi connectivity index (χ1v) is 5.49. The molecular formula is C12H17N3O2. The van der Waals surface area contributed by atoms with Gasteiger partial charge in [-0.05, 0) is 25.0 Å². The Kier molecular flexibility index (Phi) is 5.57. The van der Waals surface area contributed by atoms with Crippen molar-refractivity contribution in [1.29, 1.82) is 0 Å². The van der Waals surface area contributed by atoms with Crippen molar-refractivity contribution in [2.75, 3.05) is 6.61 Å². The molecule has 0 saturated heterocycles. The van der Waals surface area contributed by atoms with E-state index in [2.05, 4.69) is 4.99 Å². The molecule has 0 aliphatic carbocycles. The molecule has 0 heterocycles. The minimum absolute atomic E-state index is 0.185. The third-order valence-corrected chi connectivity index (χ3v) is 2.05. The van der Waals surface area contributed by atoms with Gasteiger partial charge in [0.25, 0.3) is 0 Å². The van der Waals surface area contributed by atoms with E-state index in [4.69, 9.17) is 16.2 Å². The lowest BCUT2D eigenvalue weighted by atomic mass is 10.2. The molecule has 92 valence electrons. The predicted molar refractivity (Wildman–Crippen MR) is 66.6 cm³/mol. The van der Waals surface area contributed by atoms with Crippen LogP contribution in [0.3, 0.4) is 0 Å². The van der Waals surface area contributed by atoms with Crippen molar-refractivity contribution >= 4 is 11.9 Å². The van der Waals surface area contributed by atoms with E-state index in [1.54, 1.807) is 0 Å². The van der Waals surface area contributed by atoms with Gasteiger partial charge in [0.2, 0.25) is 5.91 Å². The number of nitrogens with zero attached hydrogens (tertiary/aromatic N) is 1. The summed E-state index contributed by atoms with van der Waals surface area (Å²) in [5.41, 5.74) is 10.2. The predicted octanol–water partition coefficient (Wildman–Crippen LogP) is 1.04. The Hall–Kier alpha value is -2.04. The first-order chi connectivity index (χ1) is 8.18. The van der Waals surface area contributed by atoms with E-state index >= 15 is 0 Å². The summed E-state index contributed by atoms with van der Waals surface area (Å²) in [6.45, 7) is 0.582. The molecule has 1 aromatic rings. The van der Waals surface area contributed by atoms with E-state index < -0.39 is 0 Å². The Labute approximate surface area is 100 Å². The van der Waals surface area contributed by atoms with Crippen molar-refractivity contribution in [3.8, 4) is 5.75 Å². The topological polar surface area (TPSA) is 90.7 Å². The number of hydrogen-bond donors (Lipinski definition) is 2. The van der Waals surface area contributed by atoms with Gasteiger partial charge >= 0.3 is 0 Å². The maximum absolute atomic E-state index is 11.1. The number of ether oxygens (including phenoxy) is 1. The number of hydrogen-bond acceptors (Lipinski definition) is 2. The lowest BCUT2D eigenvalue weighted by molar-refractivity contribution is -0.117. The van der Waals surface area contributed by atoms with Crippen LogP contribution in [0.2, 0.25) is 0 Å². The van der Waals surface area contributed by atoms with Gasteiger partial charge in [0.1, 0.15) is 5.75 Å². The van der Waals surface area contributed by atoms with E-state index in [-0.39, 0.29) is 11.9 Å². The molecule has 0 radical (unpaired) electrons. The average molecular weight is 235 g/mol. The van der Waals surface area contributed by atoms with Crippen molar-refractivity contribution in [2.24, 2.45) is 16.5 Å². The summed E-state index contributed by atoms with van der Waals surface area (Å²) in [6.07, 6.45) is 1.85. The fourth-order valence-electron chi connectivity index (χ4n) is 1.28. The van der Waals surface area contributed by atoms with Gasteiger partial charge in [0.05, 0.1) is 6.61 Å². The van der Waals surface area contributed by atoms with Gasteiger partial charge in [-0.15, -0.1) is 0 Å². The molecule has 1 aromatic carbocycles. The van der Waals surface area contributed by atoms with Gasteiger partial charge in [-0.25, -0.2) is 0 Å². The minimum Gasteiger partial charge on any atom is -0.494 e. The number of carbonyl (C=O) groups excluding carboxylic acids is 1. The molecule has 1 amide bonds. The molecule has 0 bridgehead atoms. The van der Waals surface area contributed by atoms with Crippen LogP contribution in [0.15, 0.2) is 35.3 Å². The number of benzene rings is 1. The third kappa shape index (κ3) is 6.19. The summed E-state index contributed by atoms with van der Waals surface area (Å²) in [7, 11) is 0. The normalized spacial score (nSPS) is 9.65. The van der Waals surface area contributed by atoms with E-state index in [0.717, 1.165) is 12.2 Å². The average Bonchev–Trinajstić information content (AvgIpc) is 2.29. The lowest BCUT2D eigenvalue weighted by Crippen LogP contribution is -2.24. The summed E-state index contributed by atoms with van der Waals surface area (Å²) in [6, 6.07) is 9.55. The van der Waals surface area contributed by atoms with Crippen LogP contribution in [0.25, 0.3) is 0 Å². The summed E-state index contributed by atoms with van der Waals surface area (Å²) in [4.78, 5) is 14.5. The minimum atomic E-state index is -0.287. The second kappa shape index (κ2) is 7.27. The maximum atomic E-state index is 11.1. The lowest BCUT2D eigenvalue weighted by Gasteiger charge is -2.04. The molecule has 4 N–H and O–H groups in total. The monoisotopic (exact) mass is 235 g/mol. The Bertz CT molecular complexity index is 373. The Morgan fingerprint density at radius 2 is 1.88 bits per heavy atom. The van der Waals surface area contributed by atoms with Gasteiger partial charge in [-0.2, -0.15) is 4.99 Å². The number of aliphatic imine (C=N–C) groups is 1. The molecular weight excluding hydrogens is 218 g/mol. The second-order valence-corrected chi connectivity index (χ2v) is 3.55. The first kappa shape index (κ1) is 13.0. The number of rotatable bonds is 6. The van der Waals surface area contributed by atoms with Crippen LogP contribution in [0, 0.1) is 0 Å². The zero-order valence-corrected chi connectivity index (χ0v) is 9.63. The van der Waals surface area contributed by atoms with Crippen LogP contribution >= 0.6 is 0 Å². The summed E-state index contributed by atoms with van der Waals surface area (Å²) >= 11 is 0. The number of carbonyl (C=O) groups is 1. The van der Waals surface area contributed by atoms with Gasteiger partial charge in [0.15, 0.2) is 5.96 Å². The van der Waals surface area contributed by atoms with Crippen LogP contribution in [-0.4, -0.2) is 18.5 Å². The highest BCUT2D eigenvalue weighted by Crippen LogP contribution is 2.09. The van der Waals surface area contributed by atoms with E-state index in [0.29, 0.717) is 19.4 Å². The molecule has 0 aliphatic rings. The molecule has 17 heavy (non-hydrogen) atoms. The molecule has 1 rings (SSSR count). The van der Waals surface area contributed by atoms with Gasteiger partial charge < -0.3 is 16.2 Å². The zero-order chi connectivity index (χ0) is 12.5. The fraction of sp³-hybridized carbons (Fsp3) is 0.333. The van der Waals surface area contributed by atoms with Gasteiger partial charge in [0, 0.05) is 6.42 Å². The standard InChI is InChI=1S/C12H17N3O2/c13-12(14)15-11(16)8-4-5-9-17-10-6-2-1-3-7-10/h1-3,6-7H,4-5,8-9H2,(H4,13,14,15,16). The summed E-state index contributed by atoms with van der Waals surface area (Å²) < 4.78 is 5.47. The van der Waals surface area contributed by atoms with Crippen molar-refractivity contribution < 1.29 is 9.53 Å². The number of guanidine groups is 1. The van der Waals surface area contributed by atoms with E-state index in [9.17, 15) is 4.79 Å². The van der Waals surface area contributed by atoms with E-state index in [1.807, 2.05) is 30.3 Å². The zero-order valence-electron chi connectivity index (χ0n) is 9.63. The van der Waals surface area contributed by atoms with Crippen LogP contribution in [0.1, 0.15) is 19.3 Å². The van der Waals surface area contributed by atoms with Crippen molar-refractivity contribution in [3.05, 3.63) is 30.3 Å². The number of unbranched alkanes of at least 4 members (excludes halogenated alkanes) is 1. The molecule has 5 heteroatoms. The van der Waals surface area contributed by atoms with Crippen LogP contribution < -0.4 is 16.2 Å². The smallest absolute Gasteiger partial charge is 0.248 e. The van der Waals surface area contributed by atoms with E-state index in [1.165, 1.54) is 0 Å². The highest BCUT2D eigenvalue weighted by Gasteiger charge is 1.99. The first-order valence-electron chi connectivity index (χ1n) is 5.49. The Balaban J connectivity index is 2.09. The molecule has 0 unspecified atom stereocenters. The number of amides is 1. The molecule has 0 aromatic heterocycles. The molecule has 0 saturated carbocycles. The summed E-state index contributed by atoms with van der Waals surface area (Å²) in [5, 5.41) is 0. The van der Waals surface area contributed by atoms with Gasteiger partial charge in [-0.1, -0.05) is 18.2 Å². The number of para-hydroxylation sites is 1. The largest absolute Gasteiger partial charge is 0.494 e. The van der Waals surface area contributed by atoms with Crippen LogP contribution in [0.4, 0.5) is 0 Å². The van der Waals surface area contributed by atoms with Crippen molar-refractivity contribution in [2.45, 2.75) is 19.3 Å². The SMILES string of the molecule is NC(N)=NC(=O)CCCCOc1ccccc1. The fourth-order valence-corrected chi connectivity index (χ4v) is 1.28. The van der Waals surface area contributed by atoms with Crippen molar-refractivity contribution in [1.82, 2.24) is 0 Å². The molecule has 0 aliphatic heterocycles. The molecule has 0 fully saturated rings. The Morgan fingerprint density at radius 1 is 1.18 bits per heavy atom. The highest BCUT2D eigenvalue weighted by atomic mass is 16.5. The third-order valence-electron chi connectivity index (χ3n) is 2.05. The quantitative estimate of drug-likeness (QED) is 0.438. The molecule has 5 nitrogen and oxygen atoms in total. The highest BCUT2D eigenvalue weighted by molar-refractivity contribution is 5.91. The molecule has 0 atom stereocenters.